The molecule has 1 heterocycles. The smallest absolute Gasteiger partial charge is 0.211 e. The number of sulfonamides is 1. The third-order valence-electron chi connectivity index (χ3n) is 10.4. The zero-order valence-corrected chi connectivity index (χ0v) is 27.2. The summed E-state index contributed by atoms with van der Waals surface area (Å²) in [6.07, 6.45) is 7.53. The van der Waals surface area contributed by atoms with Crippen LogP contribution in [0.5, 0.6) is 0 Å². The number of hydrogen-bond acceptors (Lipinski definition) is 6. The molecule has 0 aromatic heterocycles. The highest BCUT2D eigenvalue weighted by Gasteiger charge is 2.58. The third-order valence-corrected chi connectivity index (χ3v) is 11.7. The van der Waals surface area contributed by atoms with Crippen LogP contribution in [0, 0.1) is 17.0 Å². The number of ketones is 1. The van der Waals surface area contributed by atoms with Gasteiger partial charge in [0.25, 0.3) is 0 Å². The maximum atomic E-state index is 14.3. The molecule has 0 radical (unpaired) electrons. The predicted octanol–water partition coefficient (Wildman–Crippen LogP) is 5.67. The fourth-order valence-electron chi connectivity index (χ4n) is 7.61. The van der Waals surface area contributed by atoms with Crippen molar-refractivity contribution in [3.63, 3.8) is 0 Å². The minimum absolute atomic E-state index is 0.00213. The molecule has 246 valence electrons. The molecule has 3 aliphatic carbocycles. The maximum absolute atomic E-state index is 14.3. The van der Waals surface area contributed by atoms with Gasteiger partial charge in [0.1, 0.15) is 0 Å². The van der Waals surface area contributed by atoms with E-state index in [1.807, 2.05) is 26.0 Å². The molecule has 5 unspecified atom stereocenters. The molecule has 1 saturated carbocycles. The summed E-state index contributed by atoms with van der Waals surface area (Å²) in [4.78, 5) is 14.0. The van der Waals surface area contributed by atoms with Crippen molar-refractivity contribution in [2.24, 2.45) is 5.41 Å². The van der Waals surface area contributed by atoms with Gasteiger partial charge in [-0.15, -0.1) is 0 Å². The molecule has 1 aliphatic heterocycles. The molecule has 4 aliphatic rings. The number of aliphatic hydroxyl groups is 2. The molecule has 2 bridgehead atoms. The van der Waals surface area contributed by atoms with E-state index in [4.69, 9.17) is 4.74 Å². The van der Waals surface area contributed by atoms with Gasteiger partial charge in [0.15, 0.2) is 17.4 Å². The molecule has 0 amide bonds. The van der Waals surface area contributed by atoms with Crippen molar-refractivity contribution in [1.82, 2.24) is 4.31 Å². The number of carbonyl (C=O) groups excluding carboxylic acids is 1. The largest absolute Gasteiger partial charge is 0.393 e. The third kappa shape index (κ3) is 7.25. The minimum atomic E-state index is -3.68. The number of benzene rings is 2. The average molecular weight is 646 g/mol. The van der Waals surface area contributed by atoms with Gasteiger partial charge >= 0.3 is 0 Å². The highest BCUT2D eigenvalue weighted by Crippen LogP contribution is 2.59. The molecule has 6 rings (SSSR count). The monoisotopic (exact) mass is 645 g/mol. The zero-order valence-electron chi connectivity index (χ0n) is 26.4. The summed E-state index contributed by atoms with van der Waals surface area (Å²) < 4.78 is 61.2. The summed E-state index contributed by atoms with van der Waals surface area (Å²) in [5, 5.41) is 23.3. The van der Waals surface area contributed by atoms with Crippen molar-refractivity contribution in [2.45, 2.75) is 95.4 Å². The Morgan fingerprint density at radius 3 is 2.56 bits per heavy atom. The van der Waals surface area contributed by atoms with Crippen molar-refractivity contribution in [1.29, 1.82) is 0 Å². The van der Waals surface area contributed by atoms with Crippen LogP contribution >= 0.6 is 0 Å². The van der Waals surface area contributed by atoms with E-state index in [0.717, 1.165) is 42.4 Å². The van der Waals surface area contributed by atoms with Crippen LogP contribution in [0.3, 0.4) is 0 Å². The lowest BCUT2D eigenvalue weighted by Gasteiger charge is -2.46. The Labute approximate surface area is 265 Å². The standard InChI is InChI=1S/C35H45F2NO6S/c1-23-6-4-15-34(2)30(14-16-35(34,41)22-38(45(3,42)43)21-27-7-5-17-44-27)28-12-9-24(18-26(39)11-8-23)19-29(28)33(40)25-10-13-31(36)32(37)20-25/h6,9-10,12-13,19-20,26-27,30,39,41H,4-5,7-8,11,14-18,21-22H2,1-3H3. The van der Waals surface area contributed by atoms with Crippen LogP contribution in [-0.4, -0.2) is 72.5 Å². The maximum Gasteiger partial charge on any atom is 0.211 e. The quantitative estimate of drug-likeness (QED) is 0.297. The Morgan fingerprint density at radius 2 is 1.87 bits per heavy atom. The number of ether oxygens (including phenoxy) is 1. The van der Waals surface area contributed by atoms with E-state index in [9.17, 15) is 32.2 Å². The molecule has 0 spiro atoms. The number of allylic oxidation sites excluding steroid dienone is 2. The molecule has 2 N–H and O–H groups in total. The molecule has 45 heavy (non-hydrogen) atoms. The lowest BCUT2D eigenvalue weighted by atomic mass is 9.64. The van der Waals surface area contributed by atoms with Crippen LogP contribution in [0.15, 0.2) is 48.0 Å². The van der Waals surface area contributed by atoms with Gasteiger partial charge < -0.3 is 14.9 Å². The number of halogens is 2. The Hall–Kier alpha value is -2.50. The van der Waals surface area contributed by atoms with Crippen molar-refractivity contribution in [3.8, 4) is 0 Å². The van der Waals surface area contributed by atoms with Gasteiger partial charge in [-0.2, -0.15) is 4.31 Å². The summed E-state index contributed by atoms with van der Waals surface area (Å²) in [6, 6.07) is 8.56. The van der Waals surface area contributed by atoms with Crippen LogP contribution in [0.4, 0.5) is 8.78 Å². The average Bonchev–Trinajstić information content (AvgIpc) is 3.58. The number of nitrogens with zero attached hydrogens (tertiary/aromatic N) is 1. The zero-order chi connectivity index (χ0) is 32.6. The Bertz CT molecular complexity index is 1560. The summed E-state index contributed by atoms with van der Waals surface area (Å²) in [7, 11) is -3.68. The molecule has 2 fully saturated rings. The molecular weight excluding hydrogens is 600 g/mol. The summed E-state index contributed by atoms with van der Waals surface area (Å²) in [5.41, 5.74) is 0.589. The lowest BCUT2D eigenvalue weighted by molar-refractivity contribution is -0.0753. The highest BCUT2D eigenvalue weighted by molar-refractivity contribution is 7.88. The normalized spacial score (nSPS) is 29.4. The summed E-state index contributed by atoms with van der Waals surface area (Å²) >= 11 is 0. The van der Waals surface area contributed by atoms with E-state index in [1.54, 1.807) is 6.07 Å². The molecule has 2 aromatic rings. The van der Waals surface area contributed by atoms with Crippen LogP contribution in [0.25, 0.3) is 0 Å². The van der Waals surface area contributed by atoms with E-state index in [2.05, 4.69) is 6.08 Å². The van der Waals surface area contributed by atoms with Crippen LogP contribution in [0.2, 0.25) is 0 Å². The number of carbonyl (C=O) groups is 1. The summed E-state index contributed by atoms with van der Waals surface area (Å²) in [5.74, 6) is -2.98. The molecule has 7 nitrogen and oxygen atoms in total. The highest BCUT2D eigenvalue weighted by atomic mass is 32.2. The van der Waals surface area contributed by atoms with E-state index >= 15 is 0 Å². The topological polar surface area (TPSA) is 104 Å². The SMILES string of the molecule is CC1=CCCC2(C)C(CCC2(O)CN(CC2CCCO2)S(C)(=O)=O)c2ccc(cc2C(=O)c2ccc(F)c(F)c2)CC(O)CC1. The first-order valence-corrected chi connectivity index (χ1v) is 17.8. The van der Waals surface area contributed by atoms with E-state index in [-0.39, 0.29) is 30.7 Å². The lowest BCUT2D eigenvalue weighted by Crippen LogP contribution is -2.54. The number of aliphatic hydroxyl groups excluding tert-OH is 1. The Morgan fingerprint density at radius 1 is 1.09 bits per heavy atom. The van der Waals surface area contributed by atoms with Gasteiger partial charge in [-0.05, 0) is 106 Å². The second-order valence-electron chi connectivity index (χ2n) is 13.6. The first kappa shape index (κ1) is 33.9. The Kier molecular flexibility index (Phi) is 10.0. The Balaban J connectivity index is 1.60. The summed E-state index contributed by atoms with van der Waals surface area (Å²) in [6.45, 7) is 4.66. The van der Waals surface area contributed by atoms with Crippen LogP contribution in [-0.2, 0) is 21.2 Å². The van der Waals surface area contributed by atoms with Gasteiger partial charge in [0.2, 0.25) is 10.0 Å². The van der Waals surface area contributed by atoms with E-state index < -0.39 is 44.6 Å². The fourth-order valence-corrected chi connectivity index (χ4v) is 8.50. The van der Waals surface area contributed by atoms with Gasteiger partial charge in [0, 0.05) is 36.2 Å². The molecule has 1 saturated heterocycles. The van der Waals surface area contributed by atoms with Crippen LogP contribution in [0.1, 0.15) is 98.2 Å². The van der Waals surface area contributed by atoms with Gasteiger partial charge in [-0.3, -0.25) is 4.79 Å². The van der Waals surface area contributed by atoms with Crippen molar-refractivity contribution in [3.05, 3.63) is 81.9 Å². The van der Waals surface area contributed by atoms with Crippen molar-refractivity contribution in [2.75, 3.05) is 26.0 Å². The molecule has 2 aromatic carbocycles. The van der Waals surface area contributed by atoms with Gasteiger partial charge in [0.05, 0.1) is 24.1 Å². The first-order valence-electron chi connectivity index (χ1n) is 16.0. The predicted molar refractivity (Wildman–Crippen MR) is 169 cm³/mol. The molecular formula is C35H45F2NO6S. The molecule has 10 heteroatoms. The second kappa shape index (κ2) is 13.3. The van der Waals surface area contributed by atoms with Gasteiger partial charge in [-0.1, -0.05) is 30.7 Å². The minimum Gasteiger partial charge on any atom is -0.393 e. The van der Waals surface area contributed by atoms with E-state index in [0.29, 0.717) is 62.7 Å². The van der Waals surface area contributed by atoms with Crippen LogP contribution < -0.4 is 0 Å². The van der Waals surface area contributed by atoms with Crippen molar-refractivity contribution < 1.29 is 36.9 Å². The van der Waals surface area contributed by atoms with Gasteiger partial charge in [-0.25, -0.2) is 17.2 Å². The number of fused-ring (bicyclic) bond motifs is 8. The molecule has 5 atom stereocenters. The number of hydrogen-bond donors (Lipinski definition) is 2. The van der Waals surface area contributed by atoms with E-state index in [1.165, 1.54) is 10.4 Å². The fraction of sp³-hybridized carbons (Fsp3) is 0.571. The van der Waals surface area contributed by atoms with Crippen molar-refractivity contribution >= 4 is 15.8 Å². The number of rotatable bonds is 7. The first-order chi connectivity index (χ1) is 21.2. The second-order valence-corrected chi connectivity index (χ2v) is 15.6.